The topological polar surface area (TPSA) is 41.5 Å². The molecule has 126 valence electrons. The number of nitrogens with one attached hydrogen (secondary N) is 1. The predicted molar refractivity (Wildman–Crippen MR) is 91.6 cm³/mol. The number of benzene rings is 1. The van der Waals surface area contributed by atoms with Gasteiger partial charge < -0.3 is 15.2 Å². The monoisotopic (exact) mass is 315 g/mol. The molecule has 1 atom stereocenters. The molecule has 0 amide bonds. The van der Waals surface area contributed by atoms with Crippen LogP contribution < -0.4 is 10.1 Å². The minimum atomic E-state index is 0.0777. The fourth-order valence-electron chi connectivity index (χ4n) is 4.89. The third kappa shape index (κ3) is 3.14. The van der Waals surface area contributed by atoms with Crippen LogP contribution in [0.3, 0.4) is 0 Å². The van der Waals surface area contributed by atoms with Gasteiger partial charge in [0.15, 0.2) is 0 Å². The van der Waals surface area contributed by atoms with Gasteiger partial charge in [-0.1, -0.05) is 18.2 Å². The Kier molecular flexibility index (Phi) is 4.33. The van der Waals surface area contributed by atoms with Crippen molar-refractivity contribution < 1.29 is 9.84 Å². The Morgan fingerprint density at radius 1 is 1.09 bits per heavy atom. The average molecular weight is 315 g/mol. The van der Waals surface area contributed by atoms with Gasteiger partial charge in [0.05, 0.1) is 0 Å². The number of hydrogen-bond donors (Lipinski definition) is 2. The largest absolute Gasteiger partial charge is 0.487 e. The fourth-order valence-corrected chi connectivity index (χ4v) is 4.89. The van der Waals surface area contributed by atoms with E-state index in [1.807, 2.05) is 0 Å². The van der Waals surface area contributed by atoms with Crippen LogP contribution >= 0.6 is 0 Å². The van der Waals surface area contributed by atoms with E-state index >= 15 is 0 Å². The van der Waals surface area contributed by atoms with E-state index in [2.05, 4.69) is 29.6 Å². The van der Waals surface area contributed by atoms with Gasteiger partial charge in [0.1, 0.15) is 11.4 Å². The van der Waals surface area contributed by atoms with E-state index in [1.165, 1.54) is 44.1 Å². The highest BCUT2D eigenvalue weighted by molar-refractivity contribution is 5.39. The number of aliphatic hydroxyl groups is 1. The predicted octanol–water partition coefficient (Wildman–Crippen LogP) is 3.96. The summed E-state index contributed by atoms with van der Waals surface area (Å²) in [5, 5.41) is 13.3. The molecule has 2 N–H and O–H groups in total. The van der Waals surface area contributed by atoms with Crippen molar-refractivity contribution in [2.45, 2.75) is 75.5 Å². The molecule has 0 saturated heterocycles. The lowest BCUT2D eigenvalue weighted by molar-refractivity contribution is 0.0330. The van der Waals surface area contributed by atoms with Crippen LogP contribution in [0.15, 0.2) is 24.3 Å². The molecule has 2 fully saturated rings. The summed E-state index contributed by atoms with van der Waals surface area (Å²) in [4.78, 5) is 0. The molecule has 1 aliphatic heterocycles. The first-order chi connectivity index (χ1) is 11.3. The van der Waals surface area contributed by atoms with Gasteiger partial charge in [0.2, 0.25) is 0 Å². The molecule has 0 radical (unpaired) electrons. The number of hydrogen-bond acceptors (Lipinski definition) is 3. The molecule has 3 nitrogen and oxygen atoms in total. The second-order valence-electron chi connectivity index (χ2n) is 7.85. The Labute approximate surface area is 139 Å². The van der Waals surface area contributed by atoms with Gasteiger partial charge in [0, 0.05) is 30.7 Å². The lowest BCUT2D eigenvalue weighted by Gasteiger charge is -2.42. The lowest BCUT2D eigenvalue weighted by Crippen LogP contribution is -2.45. The molecule has 1 aromatic carbocycles. The molecule has 23 heavy (non-hydrogen) atoms. The first kappa shape index (κ1) is 15.5. The second-order valence-corrected chi connectivity index (χ2v) is 7.85. The maximum Gasteiger partial charge on any atom is 0.124 e. The Morgan fingerprint density at radius 2 is 1.83 bits per heavy atom. The molecule has 2 saturated carbocycles. The Morgan fingerprint density at radius 3 is 2.57 bits per heavy atom. The zero-order valence-corrected chi connectivity index (χ0v) is 14.0. The van der Waals surface area contributed by atoms with Crippen LogP contribution in [-0.4, -0.2) is 23.4 Å². The number of para-hydroxylation sites is 1. The molecule has 3 heteroatoms. The van der Waals surface area contributed by atoms with E-state index in [0.717, 1.165) is 25.0 Å². The third-order valence-electron chi connectivity index (χ3n) is 6.25. The summed E-state index contributed by atoms with van der Waals surface area (Å²) in [6, 6.07) is 9.61. The normalized spacial score (nSPS) is 32.5. The van der Waals surface area contributed by atoms with E-state index in [1.54, 1.807) is 0 Å². The van der Waals surface area contributed by atoms with E-state index in [-0.39, 0.29) is 5.60 Å². The minimum absolute atomic E-state index is 0.0777. The van der Waals surface area contributed by atoms with Crippen molar-refractivity contribution in [2.24, 2.45) is 5.92 Å². The van der Waals surface area contributed by atoms with Gasteiger partial charge >= 0.3 is 0 Å². The summed E-state index contributed by atoms with van der Waals surface area (Å²) in [6.45, 7) is 0.357. The Bertz CT molecular complexity index is 530. The van der Waals surface area contributed by atoms with Crippen LogP contribution in [-0.2, 0) is 0 Å². The second kappa shape index (κ2) is 6.45. The summed E-state index contributed by atoms with van der Waals surface area (Å²) in [6.07, 6.45) is 10.8. The molecule has 4 rings (SSSR count). The van der Waals surface area contributed by atoms with Crippen molar-refractivity contribution in [1.82, 2.24) is 5.32 Å². The van der Waals surface area contributed by atoms with Crippen molar-refractivity contribution >= 4 is 0 Å². The standard InChI is InChI=1S/C20H29NO2/c22-14-15-7-9-16(10-8-15)21-18-13-20(11-3-4-12-20)23-19-6-2-1-5-17(18)19/h1-2,5-6,15-16,18,21-22H,3-4,7-14H2. The maximum atomic E-state index is 9.33. The first-order valence-corrected chi connectivity index (χ1v) is 9.43. The zero-order valence-electron chi connectivity index (χ0n) is 14.0. The number of aliphatic hydroxyl groups excluding tert-OH is 1. The van der Waals surface area contributed by atoms with Crippen molar-refractivity contribution in [3.63, 3.8) is 0 Å². The fraction of sp³-hybridized carbons (Fsp3) is 0.700. The van der Waals surface area contributed by atoms with Crippen molar-refractivity contribution in [3.05, 3.63) is 29.8 Å². The van der Waals surface area contributed by atoms with Crippen molar-refractivity contribution in [3.8, 4) is 5.75 Å². The average Bonchev–Trinajstić information content (AvgIpc) is 3.03. The zero-order chi connectivity index (χ0) is 15.7. The van der Waals surface area contributed by atoms with Gasteiger partial charge in [-0.25, -0.2) is 0 Å². The van der Waals surface area contributed by atoms with Crippen molar-refractivity contribution in [2.75, 3.05) is 6.61 Å². The third-order valence-corrected chi connectivity index (χ3v) is 6.25. The van der Waals surface area contributed by atoms with E-state index in [0.29, 0.717) is 24.6 Å². The van der Waals surface area contributed by atoms with Crippen molar-refractivity contribution in [1.29, 1.82) is 0 Å². The van der Waals surface area contributed by atoms with Crippen LogP contribution in [0.1, 0.15) is 69.4 Å². The number of ether oxygens (including phenoxy) is 1. The molecule has 1 spiro atoms. The van der Waals surface area contributed by atoms with Gasteiger partial charge in [-0.3, -0.25) is 0 Å². The Hall–Kier alpha value is -1.06. The molecule has 0 aromatic heterocycles. The molecule has 1 unspecified atom stereocenters. The SMILES string of the molecule is OCC1CCC(NC2CC3(CCCC3)Oc3ccccc32)CC1. The first-order valence-electron chi connectivity index (χ1n) is 9.43. The number of rotatable bonds is 3. The highest BCUT2D eigenvalue weighted by atomic mass is 16.5. The molecular weight excluding hydrogens is 286 g/mol. The summed E-state index contributed by atoms with van der Waals surface area (Å²) in [7, 11) is 0. The molecule has 0 bridgehead atoms. The highest BCUT2D eigenvalue weighted by Crippen LogP contribution is 2.47. The number of fused-ring (bicyclic) bond motifs is 1. The molecule has 1 heterocycles. The smallest absolute Gasteiger partial charge is 0.124 e. The summed E-state index contributed by atoms with van der Waals surface area (Å²) < 4.78 is 6.46. The quantitative estimate of drug-likeness (QED) is 0.887. The molecule has 1 aromatic rings. The molecular formula is C20H29NO2. The van der Waals surface area contributed by atoms with Crippen LogP contribution in [0, 0.1) is 5.92 Å². The molecule has 3 aliphatic rings. The van der Waals surface area contributed by atoms with Crippen LogP contribution in [0.2, 0.25) is 0 Å². The van der Waals surface area contributed by atoms with E-state index in [4.69, 9.17) is 4.74 Å². The van der Waals surface area contributed by atoms with Gasteiger partial charge in [0.25, 0.3) is 0 Å². The Balaban J connectivity index is 1.50. The van der Waals surface area contributed by atoms with Gasteiger partial charge in [-0.15, -0.1) is 0 Å². The van der Waals surface area contributed by atoms with E-state index in [9.17, 15) is 5.11 Å². The van der Waals surface area contributed by atoms with Crippen LogP contribution in [0.25, 0.3) is 0 Å². The summed E-state index contributed by atoms with van der Waals surface area (Å²) in [5.74, 6) is 1.62. The van der Waals surface area contributed by atoms with E-state index < -0.39 is 0 Å². The van der Waals surface area contributed by atoms with Gasteiger partial charge in [-0.2, -0.15) is 0 Å². The summed E-state index contributed by atoms with van der Waals surface area (Å²) in [5.41, 5.74) is 1.42. The molecule has 2 aliphatic carbocycles. The lowest BCUT2D eigenvalue weighted by atomic mass is 9.83. The van der Waals surface area contributed by atoms with Gasteiger partial charge in [-0.05, 0) is 63.4 Å². The van der Waals surface area contributed by atoms with Crippen LogP contribution in [0.5, 0.6) is 5.75 Å². The van der Waals surface area contributed by atoms with Crippen LogP contribution in [0.4, 0.5) is 0 Å². The summed E-state index contributed by atoms with van der Waals surface area (Å²) >= 11 is 0. The maximum absolute atomic E-state index is 9.33. The minimum Gasteiger partial charge on any atom is -0.487 e. The highest BCUT2D eigenvalue weighted by Gasteiger charge is 2.43.